The molecule has 1 heterocycles. The van der Waals surface area contributed by atoms with Crippen molar-refractivity contribution in [2.45, 2.75) is 0 Å². The van der Waals surface area contributed by atoms with E-state index in [1.165, 1.54) is 12.1 Å². The minimum atomic E-state index is -0.412. The summed E-state index contributed by atoms with van der Waals surface area (Å²) in [6, 6.07) is 4.15. The smallest absolute Gasteiger partial charge is 0.175 e. The minimum absolute atomic E-state index is 0.317. The second-order valence-electron chi connectivity index (χ2n) is 3.39. The fraction of sp³-hybridized carbons (Fsp3) is 0.100. The van der Waals surface area contributed by atoms with E-state index in [9.17, 15) is 4.39 Å². The predicted octanol–water partition coefficient (Wildman–Crippen LogP) is 2.54. The second kappa shape index (κ2) is 4.02. The largest absolute Gasteiger partial charge is 0.394 e. The van der Waals surface area contributed by atoms with Gasteiger partial charge in [0.15, 0.2) is 5.82 Å². The van der Waals surface area contributed by atoms with E-state index < -0.39 is 5.82 Å². The van der Waals surface area contributed by atoms with E-state index in [-0.39, 0.29) is 0 Å². The van der Waals surface area contributed by atoms with Crippen LogP contribution in [-0.2, 0) is 7.05 Å². The fourth-order valence-electron chi connectivity index (χ4n) is 1.37. The Morgan fingerprint density at radius 3 is 2.75 bits per heavy atom. The first-order chi connectivity index (χ1) is 7.54. The summed E-state index contributed by atoms with van der Waals surface area (Å²) in [6.07, 6.45) is 1.66. The summed E-state index contributed by atoms with van der Waals surface area (Å²) in [5.74, 6) is 0.0636. The van der Waals surface area contributed by atoms with Crippen molar-refractivity contribution in [3.8, 4) is 0 Å². The third kappa shape index (κ3) is 2.25. The van der Waals surface area contributed by atoms with Crippen LogP contribution in [0.25, 0.3) is 0 Å². The molecule has 0 aliphatic heterocycles. The topological polar surface area (TPSA) is 55.9 Å². The van der Waals surface area contributed by atoms with Gasteiger partial charge in [-0.1, -0.05) is 11.6 Å². The average molecular weight is 241 g/mol. The molecule has 0 fully saturated rings. The Hall–Kier alpha value is -1.75. The number of nitrogens with one attached hydrogen (secondary N) is 1. The monoisotopic (exact) mass is 240 g/mol. The number of aryl methyl sites for hydroxylation is 1. The van der Waals surface area contributed by atoms with Gasteiger partial charge in [0.25, 0.3) is 0 Å². The molecule has 0 aliphatic carbocycles. The van der Waals surface area contributed by atoms with E-state index in [1.54, 1.807) is 24.0 Å². The van der Waals surface area contributed by atoms with Crippen molar-refractivity contribution in [2.24, 2.45) is 7.05 Å². The molecule has 0 unspecified atom stereocenters. The second-order valence-corrected chi connectivity index (χ2v) is 3.83. The highest BCUT2D eigenvalue weighted by atomic mass is 35.5. The van der Waals surface area contributed by atoms with Gasteiger partial charge in [0, 0.05) is 24.0 Å². The molecule has 0 saturated carbocycles. The van der Waals surface area contributed by atoms with E-state index in [1.807, 2.05) is 0 Å². The summed E-state index contributed by atoms with van der Waals surface area (Å²) in [6.45, 7) is 0. The Kier molecular flexibility index (Phi) is 2.70. The summed E-state index contributed by atoms with van der Waals surface area (Å²) >= 11 is 5.72. The molecule has 0 atom stereocenters. The average Bonchev–Trinajstić information content (AvgIpc) is 2.43. The van der Waals surface area contributed by atoms with Crippen LogP contribution in [-0.4, -0.2) is 9.78 Å². The Labute approximate surface area is 96.8 Å². The number of benzene rings is 1. The number of nitrogens with zero attached hydrogens (tertiary/aromatic N) is 2. The molecule has 0 amide bonds. The zero-order valence-electron chi connectivity index (χ0n) is 8.54. The van der Waals surface area contributed by atoms with Crippen LogP contribution in [0.15, 0.2) is 24.4 Å². The van der Waals surface area contributed by atoms with Crippen LogP contribution >= 0.6 is 11.6 Å². The number of halogens is 2. The number of anilines is 3. The molecule has 3 N–H and O–H groups in total. The Balaban J connectivity index is 2.30. The molecule has 0 spiro atoms. The van der Waals surface area contributed by atoms with Gasteiger partial charge in [0.05, 0.1) is 5.69 Å². The Morgan fingerprint density at radius 1 is 1.44 bits per heavy atom. The maximum Gasteiger partial charge on any atom is 0.175 e. The third-order valence-electron chi connectivity index (χ3n) is 1.98. The van der Waals surface area contributed by atoms with Crippen molar-refractivity contribution < 1.29 is 4.39 Å². The van der Waals surface area contributed by atoms with Crippen LogP contribution in [0, 0.1) is 5.82 Å². The first-order valence-electron chi connectivity index (χ1n) is 4.57. The summed E-state index contributed by atoms with van der Waals surface area (Å²) in [7, 11) is 1.75. The first-order valence-corrected chi connectivity index (χ1v) is 4.94. The molecule has 0 radical (unpaired) electrons. The molecule has 16 heavy (non-hydrogen) atoms. The Bertz CT molecular complexity index is 503. The van der Waals surface area contributed by atoms with Crippen LogP contribution in [0.4, 0.5) is 21.6 Å². The summed E-state index contributed by atoms with van der Waals surface area (Å²) in [4.78, 5) is 0. The first kappa shape index (κ1) is 10.8. The van der Waals surface area contributed by atoms with Gasteiger partial charge < -0.3 is 11.1 Å². The summed E-state index contributed by atoms with van der Waals surface area (Å²) < 4.78 is 14.6. The van der Waals surface area contributed by atoms with E-state index in [0.29, 0.717) is 22.2 Å². The predicted molar refractivity (Wildman–Crippen MR) is 62.3 cm³/mol. The lowest BCUT2D eigenvalue weighted by Crippen LogP contribution is -1.96. The summed E-state index contributed by atoms with van der Waals surface area (Å²) in [5, 5.41) is 7.29. The van der Waals surface area contributed by atoms with E-state index in [0.717, 1.165) is 0 Å². The third-order valence-corrected chi connectivity index (χ3v) is 2.20. The van der Waals surface area contributed by atoms with E-state index >= 15 is 0 Å². The van der Waals surface area contributed by atoms with Gasteiger partial charge in [-0.2, -0.15) is 5.10 Å². The van der Waals surface area contributed by atoms with Gasteiger partial charge in [-0.15, -0.1) is 0 Å². The van der Waals surface area contributed by atoms with Gasteiger partial charge in [-0.3, -0.25) is 4.68 Å². The van der Waals surface area contributed by atoms with E-state index in [4.69, 9.17) is 17.3 Å². The lowest BCUT2D eigenvalue weighted by Gasteiger charge is -2.04. The van der Waals surface area contributed by atoms with E-state index in [2.05, 4.69) is 10.4 Å². The molecule has 2 aromatic rings. The fourth-order valence-corrected chi connectivity index (χ4v) is 1.59. The standard InChI is InChI=1S/C10H10ClFN4/c1-16-5-9(13)10(15-16)14-8-3-6(11)2-7(12)4-8/h2-5H,13H2,1H3,(H,14,15). The molecule has 0 aliphatic rings. The van der Waals surface area contributed by atoms with Crippen LogP contribution in [0.2, 0.25) is 5.02 Å². The molecule has 0 bridgehead atoms. The van der Waals surface area contributed by atoms with Crippen molar-refractivity contribution in [1.82, 2.24) is 9.78 Å². The van der Waals surface area contributed by atoms with Crippen LogP contribution in [0.3, 0.4) is 0 Å². The van der Waals surface area contributed by atoms with Gasteiger partial charge >= 0.3 is 0 Å². The molecular weight excluding hydrogens is 231 g/mol. The van der Waals surface area contributed by atoms with Gasteiger partial charge in [0.1, 0.15) is 5.82 Å². The molecule has 84 valence electrons. The lowest BCUT2D eigenvalue weighted by molar-refractivity contribution is 0.628. The minimum Gasteiger partial charge on any atom is -0.394 e. The zero-order chi connectivity index (χ0) is 11.7. The zero-order valence-corrected chi connectivity index (χ0v) is 9.29. The highest BCUT2D eigenvalue weighted by molar-refractivity contribution is 6.30. The maximum atomic E-state index is 13.1. The highest BCUT2D eigenvalue weighted by Crippen LogP contribution is 2.24. The number of nitrogen functional groups attached to an aromatic ring is 1. The SMILES string of the molecule is Cn1cc(N)c(Nc2cc(F)cc(Cl)c2)n1. The van der Waals surface area contributed by atoms with Gasteiger partial charge in [-0.25, -0.2) is 4.39 Å². The number of hydrogen-bond donors (Lipinski definition) is 2. The molecular formula is C10H10ClFN4. The highest BCUT2D eigenvalue weighted by Gasteiger charge is 2.05. The van der Waals surface area contributed by atoms with Crippen molar-refractivity contribution in [2.75, 3.05) is 11.1 Å². The van der Waals surface area contributed by atoms with Crippen molar-refractivity contribution in [3.63, 3.8) is 0 Å². The number of rotatable bonds is 2. The summed E-state index contributed by atoms with van der Waals surface area (Å²) in [5.41, 5.74) is 6.69. The number of nitrogens with two attached hydrogens (primary N) is 1. The van der Waals surface area contributed by atoms with Crippen molar-refractivity contribution >= 4 is 28.8 Å². The number of hydrogen-bond acceptors (Lipinski definition) is 3. The lowest BCUT2D eigenvalue weighted by atomic mass is 10.3. The van der Waals surface area contributed by atoms with Gasteiger partial charge in [0.2, 0.25) is 0 Å². The molecule has 2 rings (SSSR count). The molecule has 1 aromatic heterocycles. The molecule has 0 saturated heterocycles. The molecule has 6 heteroatoms. The number of aromatic nitrogens is 2. The van der Waals surface area contributed by atoms with Gasteiger partial charge in [-0.05, 0) is 18.2 Å². The maximum absolute atomic E-state index is 13.1. The van der Waals surface area contributed by atoms with Crippen LogP contribution in [0.1, 0.15) is 0 Å². The van der Waals surface area contributed by atoms with Crippen LogP contribution < -0.4 is 11.1 Å². The van der Waals surface area contributed by atoms with Crippen molar-refractivity contribution in [3.05, 3.63) is 35.2 Å². The molecule has 4 nitrogen and oxygen atoms in total. The van der Waals surface area contributed by atoms with Crippen molar-refractivity contribution in [1.29, 1.82) is 0 Å². The quantitative estimate of drug-likeness (QED) is 0.848. The Morgan fingerprint density at radius 2 is 2.19 bits per heavy atom. The molecule has 1 aromatic carbocycles. The normalized spacial score (nSPS) is 10.4. The van der Waals surface area contributed by atoms with Crippen LogP contribution in [0.5, 0.6) is 0 Å².